The number of benzene rings is 2. The number of para-hydroxylation sites is 1. The summed E-state index contributed by atoms with van der Waals surface area (Å²) in [6, 6.07) is 15.3. The molecule has 2 aromatic rings. The minimum Gasteiger partial charge on any atom is -0.451 e. The molecular weight excluding hydrogens is 332 g/mol. The summed E-state index contributed by atoms with van der Waals surface area (Å²) in [5.74, 6) is 0. The standard InChI is InChI=1S/C20H24N2O4/c1-5-26-22(20(23)24-4)19-9-7-6-8-18(19)14-25-21-16(3)17-12-10-15(2)11-13-17/h6-13H,5,14H2,1-4H3. The van der Waals surface area contributed by atoms with Crippen molar-refractivity contribution in [1.29, 1.82) is 0 Å². The lowest BCUT2D eigenvalue weighted by Crippen LogP contribution is -2.31. The van der Waals surface area contributed by atoms with E-state index in [2.05, 4.69) is 5.16 Å². The van der Waals surface area contributed by atoms with E-state index < -0.39 is 6.09 Å². The number of hydrogen-bond acceptors (Lipinski definition) is 5. The van der Waals surface area contributed by atoms with Crippen molar-refractivity contribution < 1.29 is 19.2 Å². The van der Waals surface area contributed by atoms with Gasteiger partial charge in [0.15, 0.2) is 0 Å². The normalized spacial score (nSPS) is 11.2. The van der Waals surface area contributed by atoms with Crippen molar-refractivity contribution in [3.63, 3.8) is 0 Å². The largest absolute Gasteiger partial charge is 0.451 e. The van der Waals surface area contributed by atoms with Gasteiger partial charge in [0, 0.05) is 5.56 Å². The van der Waals surface area contributed by atoms with E-state index in [9.17, 15) is 4.79 Å². The van der Waals surface area contributed by atoms with Crippen LogP contribution in [-0.2, 0) is 21.0 Å². The second-order valence-corrected chi connectivity index (χ2v) is 5.63. The van der Waals surface area contributed by atoms with Crippen molar-refractivity contribution in [2.24, 2.45) is 5.16 Å². The first-order valence-corrected chi connectivity index (χ1v) is 8.39. The smallest absolute Gasteiger partial charge is 0.438 e. The van der Waals surface area contributed by atoms with E-state index in [0.717, 1.165) is 21.9 Å². The van der Waals surface area contributed by atoms with Crippen LogP contribution in [0.4, 0.5) is 10.5 Å². The molecule has 2 aromatic carbocycles. The van der Waals surface area contributed by atoms with Crippen molar-refractivity contribution in [2.75, 3.05) is 18.8 Å². The topological polar surface area (TPSA) is 60.4 Å². The molecule has 0 aliphatic carbocycles. The quantitative estimate of drug-likeness (QED) is 0.543. The summed E-state index contributed by atoms with van der Waals surface area (Å²) in [5, 5.41) is 5.29. The average molecular weight is 356 g/mol. The number of hydrogen-bond donors (Lipinski definition) is 0. The highest BCUT2D eigenvalue weighted by atomic mass is 16.7. The average Bonchev–Trinajstić information content (AvgIpc) is 2.66. The van der Waals surface area contributed by atoms with E-state index in [0.29, 0.717) is 12.3 Å². The zero-order valence-electron chi connectivity index (χ0n) is 15.6. The van der Waals surface area contributed by atoms with Gasteiger partial charge in [-0.3, -0.25) is 4.84 Å². The lowest BCUT2D eigenvalue weighted by Gasteiger charge is -2.21. The fraction of sp³-hybridized carbons (Fsp3) is 0.300. The van der Waals surface area contributed by atoms with E-state index in [1.807, 2.05) is 56.3 Å². The highest BCUT2D eigenvalue weighted by molar-refractivity contribution is 5.98. The number of hydroxylamine groups is 1. The number of carbonyl (C=O) groups excluding carboxylic acids is 1. The minimum absolute atomic E-state index is 0.194. The molecule has 0 radical (unpaired) electrons. The maximum absolute atomic E-state index is 12.0. The van der Waals surface area contributed by atoms with E-state index in [1.165, 1.54) is 12.7 Å². The third kappa shape index (κ3) is 5.07. The molecule has 6 heteroatoms. The number of aryl methyl sites for hydroxylation is 1. The van der Waals surface area contributed by atoms with Gasteiger partial charge in [0.1, 0.15) is 6.61 Å². The third-order valence-corrected chi connectivity index (χ3v) is 3.70. The van der Waals surface area contributed by atoms with Crippen LogP contribution in [0.15, 0.2) is 53.7 Å². The van der Waals surface area contributed by atoms with Crippen molar-refractivity contribution >= 4 is 17.5 Å². The fourth-order valence-electron chi connectivity index (χ4n) is 2.31. The zero-order chi connectivity index (χ0) is 18.9. The molecule has 1 amide bonds. The van der Waals surface area contributed by atoms with E-state index in [4.69, 9.17) is 14.4 Å². The first kappa shape index (κ1) is 19.5. The van der Waals surface area contributed by atoms with Gasteiger partial charge in [-0.05, 0) is 32.4 Å². The number of amides is 1. The molecule has 0 aliphatic rings. The molecule has 0 fully saturated rings. The van der Waals surface area contributed by atoms with Crippen LogP contribution in [0, 0.1) is 6.92 Å². The maximum atomic E-state index is 12.0. The maximum Gasteiger partial charge on any atom is 0.438 e. The van der Waals surface area contributed by atoms with Gasteiger partial charge in [-0.15, -0.1) is 0 Å². The van der Waals surface area contributed by atoms with E-state index >= 15 is 0 Å². The lowest BCUT2D eigenvalue weighted by atomic mass is 10.1. The summed E-state index contributed by atoms with van der Waals surface area (Å²) in [6.07, 6.45) is -0.598. The minimum atomic E-state index is -0.598. The molecule has 0 unspecified atom stereocenters. The van der Waals surface area contributed by atoms with Gasteiger partial charge in [-0.25, -0.2) is 4.79 Å². The molecular formula is C20H24N2O4. The fourth-order valence-corrected chi connectivity index (χ4v) is 2.31. The number of ether oxygens (including phenoxy) is 1. The summed E-state index contributed by atoms with van der Waals surface area (Å²) in [7, 11) is 1.31. The van der Waals surface area contributed by atoms with E-state index in [1.54, 1.807) is 13.0 Å². The predicted octanol–water partition coefficient (Wildman–Crippen LogP) is 4.46. The molecule has 26 heavy (non-hydrogen) atoms. The summed E-state index contributed by atoms with van der Waals surface area (Å²) in [6.45, 7) is 6.24. The molecule has 0 aliphatic heterocycles. The Labute approximate surface area is 153 Å². The van der Waals surface area contributed by atoms with Crippen LogP contribution in [0.5, 0.6) is 0 Å². The van der Waals surface area contributed by atoms with Crippen molar-refractivity contribution in [1.82, 2.24) is 0 Å². The van der Waals surface area contributed by atoms with Crippen LogP contribution in [0.1, 0.15) is 30.5 Å². The van der Waals surface area contributed by atoms with Gasteiger partial charge in [0.25, 0.3) is 0 Å². The molecule has 0 saturated carbocycles. The highest BCUT2D eigenvalue weighted by Gasteiger charge is 2.20. The Morgan fingerprint density at radius 1 is 1.12 bits per heavy atom. The van der Waals surface area contributed by atoms with Crippen molar-refractivity contribution in [3.8, 4) is 0 Å². The first-order valence-electron chi connectivity index (χ1n) is 8.39. The number of oxime groups is 1. The van der Waals surface area contributed by atoms with Gasteiger partial charge < -0.3 is 9.57 Å². The summed E-state index contributed by atoms with van der Waals surface area (Å²) in [4.78, 5) is 22.9. The molecule has 0 atom stereocenters. The molecule has 0 spiro atoms. The lowest BCUT2D eigenvalue weighted by molar-refractivity contribution is 0.0899. The number of methoxy groups -OCH3 is 1. The molecule has 6 nitrogen and oxygen atoms in total. The van der Waals surface area contributed by atoms with Crippen LogP contribution in [0.3, 0.4) is 0 Å². The van der Waals surface area contributed by atoms with Crippen molar-refractivity contribution in [2.45, 2.75) is 27.4 Å². The van der Waals surface area contributed by atoms with Gasteiger partial charge in [-0.1, -0.05) is 53.2 Å². The van der Waals surface area contributed by atoms with Gasteiger partial charge in [0.05, 0.1) is 25.1 Å². The van der Waals surface area contributed by atoms with Gasteiger partial charge >= 0.3 is 6.09 Å². The number of anilines is 1. The molecule has 0 aromatic heterocycles. The second-order valence-electron chi connectivity index (χ2n) is 5.63. The Bertz CT molecular complexity index is 757. The van der Waals surface area contributed by atoms with Crippen LogP contribution >= 0.6 is 0 Å². The van der Waals surface area contributed by atoms with Crippen LogP contribution in [0.25, 0.3) is 0 Å². The van der Waals surface area contributed by atoms with Gasteiger partial charge in [0.2, 0.25) is 0 Å². The van der Waals surface area contributed by atoms with Crippen LogP contribution in [0.2, 0.25) is 0 Å². The monoisotopic (exact) mass is 356 g/mol. The molecule has 138 valence electrons. The van der Waals surface area contributed by atoms with Crippen LogP contribution < -0.4 is 5.06 Å². The molecule has 0 bridgehead atoms. The summed E-state index contributed by atoms with van der Waals surface area (Å²) < 4.78 is 4.78. The molecule has 0 N–H and O–H groups in total. The zero-order valence-corrected chi connectivity index (χ0v) is 15.6. The molecule has 0 heterocycles. The predicted molar refractivity (Wildman–Crippen MR) is 101 cm³/mol. The van der Waals surface area contributed by atoms with Crippen molar-refractivity contribution in [3.05, 3.63) is 65.2 Å². The Morgan fingerprint density at radius 3 is 2.46 bits per heavy atom. The Balaban J connectivity index is 2.13. The first-order chi connectivity index (χ1) is 12.6. The molecule has 2 rings (SSSR count). The molecule has 0 saturated heterocycles. The summed E-state index contributed by atoms with van der Waals surface area (Å²) >= 11 is 0. The highest BCUT2D eigenvalue weighted by Crippen LogP contribution is 2.22. The SMILES string of the molecule is CCON(C(=O)OC)c1ccccc1CON=C(C)c1ccc(C)cc1. The third-order valence-electron chi connectivity index (χ3n) is 3.70. The Kier molecular flexibility index (Phi) is 7.17. The van der Waals surface area contributed by atoms with Crippen LogP contribution in [-0.4, -0.2) is 25.5 Å². The van der Waals surface area contributed by atoms with E-state index in [-0.39, 0.29) is 6.61 Å². The number of nitrogens with zero attached hydrogens (tertiary/aromatic N) is 2. The number of carbonyl (C=O) groups is 1. The summed E-state index contributed by atoms with van der Waals surface area (Å²) in [5.41, 5.74) is 4.28. The van der Waals surface area contributed by atoms with Gasteiger partial charge in [-0.2, -0.15) is 5.06 Å². The second kappa shape index (κ2) is 9.58. The number of rotatable bonds is 7. The Morgan fingerprint density at radius 2 is 1.81 bits per heavy atom. The Hall–Kier alpha value is -2.86.